The molecule has 0 aliphatic carbocycles. The first-order valence-corrected chi connectivity index (χ1v) is 7.08. The van der Waals surface area contributed by atoms with E-state index in [1.54, 1.807) is 37.1 Å². The summed E-state index contributed by atoms with van der Waals surface area (Å²) >= 11 is 0. The lowest BCUT2D eigenvalue weighted by Gasteiger charge is -2.08. The van der Waals surface area contributed by atoms with E-state index in [1.165, 1.54) is 18.2 Å². The lowest BCUT2D eigenvalue weighted by molar-refractivity contribution is 0.102. The molecule has 3 aromatic rings. The third kappa shape index (κ3) is 3.72. The van der Waals surface area contributed by atoms with Gasteiger partial charge in [-0.2, -0.15) is 5.10 Å². The Balaban J connectivity index is 1.79. The molecule has 3 aromatic heterocycles. The van der Waals surface area contributed by atoms with Gasteiger partial charge in [0.2, 0.25) is 0 Å². The minimum Gasteiger partial charge on any atom is -0.454 e. The van der Waals surface area contributed by atoms with Crippen molar-refractivity contribution in [2.45, 2.75) is 6.92 Å². The number of aryl methyl sites for hydroxylation is 2. The number of hydrogen-bond donors (Lipinski definition) is 1. The number of carbonyl (C=O) groups is 1. The molecule has 7 nitrogen and oxygen atoms in total. The maximum Gasteiger partial charge on any atom is 0.275 e. The smallest absolute Gasteiger partial charge is 0.275 e. The van der Waals surface area contributed by atoms with E-state index >= 15 is 0 Å². The van der Waals surface area contributed by atoms with Gasteiger partial charge >= 0.3 is 0 Å². The van der Waals surface area contributed by atoms with Gasteiger partial charge in [0.25, 0.3) is 5.91 Å². The number of anilines is 1. The summed E-state index contributed by atoms with van der Waals surface area (Å²) in [5, 5.41) is 6.57. The van der Waals surface area contributed by atoms with Gasteiger partial charge in [0.15, 0.2) is 5.75 Å². The second-order valence-corrected chi connectivity index (χ2v) is 5.10. The lowest BCUT2D eigenvalue weighted by atomic mass is 10.2. The highest BCUT2D eigenvalue weighted by molar-refractivity contribution is 6.02. The summed E-state index contributed by atoms with van der Waals surface area (Å²) in [6.07, 6.45) is 4.30. The van der Waals surface area contributed by atoms with Crippen LogP contribution in [0.3, 0.4) is 0 Å². The van der Waals surface area contributed by atoms with Gasteiger partial charge in [-0.1, -0.05) is 0 Å². The fourth-order valence-electron chi connectivity index (χ4n) is 2.03. The molecule has 0 fully saturated rings. The molecule has 0 spiro atoms. The molecule has 122 valence electrons. The molecule has 3 rings (SSSR count). The van der Waals surface area contributed by atoms with Crippen molar-refractivity contribution in [3.8, 4) is 11.5 Å². The molecule has 1 amide bonds. The molecule has 0 bridgehead atoms. The van der Waals surface area contributed by atoms with Crippen LogP contribution >= 0.6 is 0 Å². The first-order chi connectivity index (χ1) is 11.5. The van der Waals surface area contributed by atoms with E-state index in [-0.39, 0.29) is 11.5 Å². The van der Waals surface area contributed by atoms with Crippen molar-refractivity contribution < 1.29 is 13.9 Å². The first kappa shape index (κ1) is 15.6. The number of carbonyl (C=O) groups excluding carboxylic acids is 1. The molecule has 3 heterocycles. The van der Waals surface area contributed by atoms with E-state index in [9.17, 15) is 9.18 Å². The van der Waals surface area contributed by atoms with E-state index in [1.807, 2.05) is 0 Å². The molecular formula is C16H14FN5O2. The zero-order valence-corrected chi connectivity index (χ0v) is 13.0. The van der Waals surface area contributed by atoms with Crippen molar-refractivity contribution in [3.63, 3.8) is 0 Å². The van der Waals surface area contributed by atoms with Gasteiger partial charge in [-0.3, -0.25) is 9.48 Å². The van der Waals surface area contributed by atoms with Crippen molar-refractivity contribution in [3.05, 3.63) is 60.1 Å². The van der Waals surface area contributed by atoms with E-state index in [4.69, 9.17) is 4.74 Å². The van der Waals surface area contributed by atoms with Crippen molar-refractivity contribution in [1.29, 1.82) is 0 Å². The fraction of sp³-hybridized carbons (Fsp3) is 0.125. The minimum atomic E-state index is -0.478. The highest BCUT2D eigenvalue weighted by Crippen LogP contribution is 2.22. The maximum atomic E-state index is 12.9. The second-order valence-electron chi connectivity index (χ2n) is 5.10. The molecule has 0 saturated carbocycles. The zero-order valence-electron chi connectivity index (χ0n) is 13.0. The summed E-state index contributed by atoms with van der Waals surface area (Å²) in [4.78, 5) is 20.2. The Labute approximate surface area is 137 Å². The van der Waals surface area contributed by atoms with Crippen molar-refractivity contribution >= 4 is 11.7 Å². The van der Waals surface area contributed by atoms with Crippen molar-refractivity contribution in [2.24, 2.45) is 7.05 Å². The lowest BCUT2D eigenvalue weighted by Crippen LogP contribution is -2.15. The summed E-state index contributed by atoms with van der Waals surface area (Å²) < 4.78 is 20.1. The third-order valence-electron chi connectivity index (χ3n) is 3.05. The summed E-state index contributed by atoms with van der Waals surface area (Å²) in [6, 6.07) is 5.80. The predicted octanol–water partition coefficient (Wildman–Crippen LogP) is 2.70. The number of amides is 1. The Bertz CT molecular complexity index is 876. The summed E-state index contributed by atoms with van der Waals surface area (Å²) in [5.41, 5.74) is 0.786. The fourth-order valence-corrected chi connectivity index (χ4v) is 2.03. The van der Waals surface area contributed by atoms with Crippen molar-refractivity contribution in [1.82, 2.24) is 19.7 Å². The summed E-state index contributed by atoms with van der Waals surface area (Å²) in [7, 11) is 1.78. The van der Waals surface area contributed by atoms with Crippen LogP contribution in [0.2, 0.25) is 0 Å². The number of aromatic nitrogens is 4. The quantitative estimate of drug-likeness (QED) is 0.797. The molecule has 0 aliphatic rings. The minimum absolute atomic E-state index is 0.167. The van der Waals surface area contributed by atoms with Crippen LogP contribution in [-0.2, 0) is 7.05 Å². The normalized spacial score (nSPS) is 10.5. The average Bonchev–Trinajstić information content (AvgIpc) is 2.94. The SMILES string of the molecule is Cc1cc(Oc2cnn(C)c2)cc(C(=O)Nc2ccc(F)cn2)n1. The number of halogens is 1. The summed E-state index contributed by atoms with van der Waals surface area (Å²) in [6.45, 7) is 1.75. The van der Waals surface area contributed by atoms with Crippen LogP contribution in [0, 0.1) is 12.7 Å². The van der Waals surface area contributed by atoms with Crippen LogP contribution < -0.4 is 10.1 Å². The molecular weight excluding hydrogens is 313 g/mol. The van der Waals surface area contributed by atoms with E-state index in [0.29, 0.717) is 17.2 Å². The predicted molar refractivity (Wildman–Crippen MR) is 84.4 cm³/mol. The van der Waals surface area contributed by atoms with Gasteiger partial charge < -0.3 is 10.1 Å². The Morgan fingerprint density at radius 2 is 2.08 bits per heavy atom. The number of nitrogens with one attached hydrogen (secondary N) is 1. The van der Waals surface area contributed by atoms with Crippen LogP contribution in [-0.4, -0.2) is 25.7 Å². The average molecular weight is 327 g/mol. The molecule has 8 heteroatoms. The van der Waals surface area contributed by atoms with Gasteiger partial charge in [-0.25, -0.2) is 14.4 Å². The Hall–Kier alpha value is -3.29. The van der Waals surface area contributed by atoms with Crippen molar-refractivity contribution in [2.75, 3.05) is 5.32 Å². The van der Waals surface area contributed by atoms with Gasteiger partial charge in [0.05, 0.1) is 18.6 Å². The summed E-state index contributed by atoms with van der Waals surface area (Å²) in [5.74, 6) is 0.310. The number of hydrogen-bond acceptors (Lipinski definition) is 5. The van der Waals surface area contributed by atoms with Gasteiger partial charge in [0, 0.05) is 24.9 Å². The Morgan fingerprint density at radius 1 is 1.25 bits per heavy atom. The second kappa shape index (κ2) is 6.45. The standard InChI is InChI=1S/C16H14FN5O2/c1-10-5-12(24-13-8-19-22(2)9-13)6-14(20-10)16(23)21-15-4-3-11(17)7-18-15/h3-9H,1-2H3,(H,18,21,23). The highest BCUT2D eigenvalue weighted by atomic mass is 19.1. The number of pyridine rings is 2. The van der Waals surface area contributed by atoms with Gasteiger partial charge in [-0.15, -0.1) is 0 Å². The third-order valence-corrected chi connectivity index (χ3v) is 3.05. The maximum absolute atomic E-state index is 12.9. The largest absolute Gasteiger partial charge is 0.454 e. The highest BCUT2D eigenvalue weighted by Gasteiger charge is 2.12. The van der Waals surface area contributed by atoms with E-state index in [0.717, 1.165) is 6.20 Å². The topological polar surface area (TPSA) is 81.9 Å². The molecule has 0 unspecified atom stereocenters. The molecule has 0 aliphatic heterocycles. The number of nitrogens with zero attached hydrogens (tertiary/aromatic N) is 4. The van der Waals surface area contributed by atoms with Crippen LogP contribution in [0.1, 0.15) is 16.2 Å². The van der Waals surface area contributed by atoms with Crippen LogP contribution in [0.25, 0.3) is 0 Å². The monoisotopic (exact) mass is 327 g/mol. The van der Waals surface area contributed by atoms with Gasteiger partial charge in [-0.05, 0) is 19.1 Å². The molecule has 0 aromatic carbocycles. The van der Waals surface area contributed by atoms with Gasteiger partial charge in [0.1, 0.15) is 23.1 Å². The van der Waals surface area contributed by atoms with Crippen LogP contribution in [0.5, 0.6) is 11.5 Å². The molecule has 1 N–H and O–H groups in total. The van der Waals surface area contributed by atoms with E-state index in [2.05, 4.69) is 20.4 Å². The molecule has 24 heavy (non-hydrogen) atoms. The number of ether oxygens (including phenoxy) is 1. The Morgan fingerprint density at radius 3 is 2.75 bits per heavy atom. The molecule has 0 atom stereocenters. The van der Waals surface area contributed by atoms with Crippen LogP contribution in [0.4, 0.5) is 10.2 Å². The molecule has 0 saturated heterocycles. The van der Waals surface area contributed by atoms with Crippen LogP contribution in [0.15, 0.2) is 42.9 Å². The number of rotatable bonds is 4. The molecule has 0 radical (unpaired) electrons. The zero-order chi connectivity index (χ0) is 17.1. The van der Waals surface area contributed by atoms with E-state index < -0.39 is 11.7 Å². The Kier molecular flexibility index (Phi) is 4.19. The first-order valence-electron chi connectivity index (χ1n) is 7.08.